The molecule has 2 fully saturated rings. The molecule has 344 valence electrons. The van der Waals surface area contributed by atoms with E-state index in [4.69, 9.17) is 9.47 Å². The van der Waals surface area contributed by atoms with Gasteiger partial charge in [-0.3, -0.25) is 19.8 Å². The number of anilines is 2. The van der Waals surface area contributed by atoms with Crippen LogP contribution in [0.2, 0.25) is 0 Å². The third kappa shape index (κ3) is 10.7. The van der Waals surface area contributed by atoms with Crippen molar-refractivity contribution in [3.63, 3.8) is 0 Å². The Morgan fingerprint density at radius 3 is 2.58 bits per heavy atom. The van der Waals surface area contributed by atoms with Crippen molar-refractivity contribution in [1.29, 1.82) is 0 Å². The van der Waals surface area contributed by atoms with Gasteiger partial charge in [-0.15, -0.1) is 0 Å². The quantitative estimate of drug-likeness (QED) is 0.0620. The van der Waals surface area contributed by atoms with Crippen molar-refractivity contribution in [2.75, 3.05) is 68.5 Å². The van der Waals surface area contributed by atoms with Gasteiger partial charge in [-0.05, 0) is 116 Å². The van der Waals surface area contributed by atoms with Crippen molar-refractivity contribution in [2.24, 2.45) is 11.3 Å². The number of allylic oxidation sites excluding steroid dienone is 1. The zero-order valence-electron chi connectivity index (χ0n) is 36.7. The molecule has 65 heavy (non-hydrogen) atoms. The molecule has 2 N–H and O–H groups in total. The van der Waals surface area contributed by atoms with E-state index in [1.54, 1.807) is 43.5 Å². The SMILES string of the molecule is Cc1cc(C(F)(F)F)ccc1C1=C(CN2CCN(c3ccc(C(=O)CS(=O)(=O)c4ccc(NC[C@@H]5CCCOC5)c([N+](=O)[O-])c4)c(Oc4cnc5[nH]ccc5c4)c3)CC2)CCC(C)(C)C1. The first-order chi connectivity index (χ1) is 30.9. The molecule has 3 aliphatic rings. The molecular formula is C48H53F3N6O7S. The second-order valence-electron chi connectivity index (χ2n) is 18.2. The Hall–Kier alpha value is -5.78. The van der Waals surface area contributed by atoms with Gasteiger partial charge in [-0.2, -0.15) is 13.2 Å². The zero-order chi connectivity index (χ0) is 46.1. The number of H-pyrrole nitrogens is 1. The largest absolute Gasteiger partial charge is 0.455 e. The fourth-order valence-corrected chi connectivity index (χ4v) is 10.3. The number of hydrogen-bond acceptors (Lipinski definition) is 11. The lowest BCUT2D eigenvalue weighted by Crippen LogP contribution is -2.47. The molecule has 3 aromatic carbocycles. The van der Waals surface area contributed by atoms with Crippen LogP contribution in [0, 0.1) is 28.4 Å². The standard InChI is InChI=1S/C48H53F3N6O7S/c1-31-21-35(48(49,50)51)6-9-39(31)41-25-47(2,3)14-12-34(41)28-55-16-18-56(19-17-55)36-7-10-40(45(23-36)64-37-22-33-13-15-52-46(33)54-27-37)44(58)30-65(61,62)38-8-11-42(43(24-38)57(59)60)53-26-32-5-4-20-63-29-32/h6-11,13,15,21-24,27,32,53H,4-5,12,14,16-20,25-26,28-30H2,1-3H3,(H,52,54)/t32-/m0/s1. The molecule has 5 aromatic rings. The van der Waals surface area contributed by atoms with Gasteiger partial charge >= 0.3 is 6.18 Å². The number of carbonyl (C=O) groups is 1. The van der Waals surface area contributed by atoms with Gasteiger partial charge in [0.2, 0.25) is 0 Å². The van der Waals surface area contributed by atoms with E-state index in [2.05, 4.69) is 38.9 Å². The molecule has 4 heterocycles. The number of benzene rings is 3. The molecule has 2 saturated heterocycles. The zero-order valence-corrected chi connectivity index (χ0v) is 37.5. The van der Waals surface area contributed by atoms with Crippen LogP contribution in [-0.4, -0.2) is 92.2 Å². The van der Waals surface area contributed by atoms with E-state index in [1.165, 1.54) is 36.0 Å². The minimum absolute atomic E-state index is 0.0158. The molecule has 0 saturated carbocycles. The molecule has 1 aliphatic carbocycles. The first-order valence-corrected chi connectivity index (χ1v) is 23.6. The monoisotopic (exact) mass is 914 g/mol. The van der Waals surface area contributed by atoms with Gasteiger partial charge in [0.25, 0.3) is 5.69 Å². The minimum Gasteiger partial charge on any atom is -0.455 e. The highest BCUT2D eigenvalue weighted by atomic mass is 32.2. The second kappa shape index (κ2) is 18.6. The highest BCUT2D eigenvalue weighted by Crippen LogP contribution is 2.45. The fraction of sp³-hybridized carbons (Fsp3) is 0.417. The molecule has 2 aromatic heterocycles. The topological polar surface area (TPSA) is 160 Å². The molecule has 0 radical (unpaired) electrons. The van der Waals surface area contributed by atoms with Gasteiger partial charge in [0, 0.05) is 75.3 Å². The van der Waals surface area contributed by atoms with Gasteiger partial charge in [0.05, 0.1) is 33.7 Å². The van der Waals surface area contributed by atoms with E-state index < -0.39 is 43.7 Å². The Bertz CT molecular complexity index is 2740. The molecule has 0 amide bonds. The van der Waals surface area contributed by atoms with Crippen LogP contribution in [0.1, 0.15) is 73.0 Å². The number of nitro benzene ring substituents is 1. The number of rotatable bonds is 14. The Morgan fingerprint density at radius 2 is 1.86 bits per heavy atom. The van der Waals surface area contributed by atoms with Crippen LogP contribution in [0.15, 0.2) is 89.6 Å². The number of nitrogens with zero attached hydrogens (tertiary/aromatic N) is 4. The maximum atomic E-state index is 14.0. The maximum absolute atomic E-state index is 14.0. The number of fused-ring (bicyclic) bond motifs is 1. The number of halogens is 3. The first kappa shape index (κ1) is 45.8. The highest BCUT2D eigenvalue weighted by Gasteiger charge is 2.34. The van der Waals surface area contributed by atoms with Crippen LogP contribution >= 0.6 is 0 Å². The lowest BCUT2D eigenvalue weighted by Gasteiger charge is -2.39. The number of piperazine rings is 1. The Morgan fingerprint density at radius 1 is 1.06 bits per heavy atom. The molecular weight excluding hydrogens is 862 g/mol. The average Bonchev–Trinajstić information content (AvgIpc) is 3.74. The average molecular weight is 915 g/mol. The third-order valence-corrected chi connectivity index (χ3v) is 14.4. The number of nitrogens with one attached hydrogen (secondary N) is 2. The summed E-state index contributed by atoms with van der Waals surface area (Å²) in [5.41, 5.74) is 4.40. The first-order valence-electron chi connectivity index (χ1n) is 21.9. The van der Waals surface area contributed by atoms with Crippen molar-refractivity contribution >= 4 is 49.3 Å². The van der Waals surface area contributed by atoms with E-state index in [-0.39, 0.29) is 33.2 Å². The smallest absolute Gasteiger partial charge is 0.416 e. The van der Waals surface area contributed by atoms with E-state index in [9.17, 15) is 36.5 Å². The number of nitro groups is 1. The summed E-state index contributed by atoms with van der Waals surface area (Å²) in [7, 11) is -4.35. The molecule has 0 bridgehead atoms. The van der Waals surface area contributed by atoms with E-state index in [1.807, 2.05) is 6.07 Å². The number of ketones is 1. The molecule has 8 rings (SSSR count). The number of pyridine rings is 1. The Balaban J connectivity index is 1.01. The summed E-state index contributed by atoms with van der Waals surface area (Å²) >= 11 is 0. The van der Waals surface area contributed by atoms with Crippen LogP contribution in [0.4, 0.5) is 30.2 Å². The number of aromatic amines is 1. The lowest BCUT2D eigenvalue weighted by atomic mass is 9.72. The van der Waals surface area contributed by atoms with Crippen molar-refractivity contribution < 1.29 is 40.8 Å². The van der Waals surface area contributed by atoms with Gasteiger partial charge < -0.3 is 24.7 Å². The summed E-state index contributed by atoms with van der Waals surface area (Å²) in [6, 6.07) is 16.3. The number of aryl methyl sites for hydroxylation is 1. The normalized spacial score (nSPS) is 18.5. The van der Waals surface area contributed by atoms with Crippen molar-refractivity contribution in [3.8, 4) is 11.5 Å². The highest BCUT2D eigenvalue weighted by molar-refractivity contribution is 7.92. The number of sulfone groups is 1. The number of aromatic nitrogens is 2. The minimum atomic E-state index is -4.41. The summed E-state index contributed by atoms with van der Waals surface area (Å²) in [5.74, 6) is -1.08. The molecule has 13 nitrogen and oxygen atoms in total. The second-order valence-corrected chi connectivity index (χ2v) is 20.2. The molecule has 0 spiro atoms. The molecule has 2 aliphatic heterocycles. The number of ether oxygens (including phenoxy) is 2. The van der Waals surface area contributed by atoms with Crippen molar-refractivity contribution in [3.05, 3.63) is 117 Å². The summed E-state index contributed by atoms with van der Waals surface area (Å²) < 4.78 is 80.1. The number of Topliss-reactive ketones (excluding diaryl/α,β-unsaturated/α-hetero) is 1. The summed E-state index contributed by atoms with van der Waals surface area (Å²) in [6.07, 6.45) is 3.25. The number of carbonyl (C=O) groups excluding carboxylic acids is 1. The molecule has 17 heteroatoms. The van der Waals surface area contributed by atoms with Gasteiger partial charge in [-0.25, -0.2) is 13.4 Å². The Kier molecular flexibility index (Phi) is 13.1. The van der Waals surface area contributed by atoms with Crippen LogP contribution in [0.5, 0.6) is 11.5 Å². The van der Waals surface area contributed by atoms with Gasteiger partial charge in [0.1, 0.15) is 28.6 Å². The van der Waals surface area contributed by atoms with Crippen LogP contribution in [0.25, 0.3) is 16.6 Å². The van der Waals surface area contributed by atoms with Gasteiger partial charge in [0.15, 0.2) is 15.6 Å². The van der Waals surface area contributed by atoms with Crippen LogP contribution in [0.3, 0.4) is 0 Å². The number of alkyl halides is 3. The van der Waals surface area contributed by atoms with Crippen LogP contribution in [-0.2, 0) is 20.8 Å². The third-order valence-electron chi connectivity index (χ3n) is 12.8. The fourth-order valence-electron chi connectivity index (χ4n) is 9.09. The predicted octanol–water partition coefficient (Wildman–Crippen LogP) is 9.87. The van der Waals surface area contributed by atoms with E-state index in [0.717, 1.165) is 60.4 Å². The summed E-state index contributed by atoms with van der Waals surface area (Å²) in [5, 5.41) is 15.9. The Labute approximate surface area is 376 Å². The van der Waals surface area contributed by atoms with Crippen molar-refractivity contribution in [1.82, 2.24) is 14.9 Å². The lowest BCUT2D eigenvalue weighted by molar-refractivity contribution is -0.384. The maximum Gasteiger partial charge on any atom is 0.416 e. The van der Waals surface area contributed by atoms with Gasteiger partial charge in [-0.1, -0.05) is 25.5 Å². The van der Waals surface area contributed by atoms with Crippen LogP contribution < -0.4 is 15.0 Å². The summed E-state index contributed by atoms with van der Waals surface area (Å²) in [6.45, 7) is 11.1. The molecule has 0 unspecified atom stereocenters. The molecule has 1 atom stereocenters. The van der Waals surface area contributed by atoms with Crippen molar-refractivity contribution in [2.45, 2.75) is 63.9 Å². The predicted molar refractivity (Wildman–Crippen MR) is 244 cm³/mol. The van der Waals surface area contributed by atoms with E-state index >= 15 is 0 Å². The summed E-state index contributed by atoms with van der Waals surface area (Å²) in [4.78, 5) is 37.1. The number of hydrogen-bond donors (Lipinski definition) is 2. The van der Waals surface area contributed by atoms with E-state index in [0.29, 0.717) is 69.4 Å².